The molecule has 5 nitrogen and oxygen atoms in total. The van der Waals surface area contributed by atoms with Crippen LogP contribution in [0.2, 0.25) is 0 Å². The molecular weight excluding hydrogens is 326 g/mol. The average molecular weight is 351 g/mol. The lowest BCUT2D eigenvalue weighted by atomic mass is 9.83. The summed E-state index contributed by atoms with van der Waals surface area (Å²) in [5.74, 6) is 1.12. The summed E-state index contributed by atoms with van der Waals surface area (Å²) in [7, 11) is 0. The van der Waals surface area contributed by atoms with E-state index in [1.807, 2.05) is 12.1 Å². The summed E-state index contributed by atoms with van der Waals surface area (Å²) in [6.45, 7) is 3.57. The van der Waals surface area contributed by atoms with Crippen molar-refractivity contribution in [2.45, 2.75) is 25.2 Å². The van der Waals surface area contributed by atoms with Crippen molar-refractivity contribution in [2.75, 3.05) is 37.7 Å². The molecule has 1 aromatic heterocycles. The van der Waals surface area contributed by atoms with Crippen molar-refractivity contribution in [1.82, 2.24) is 10.3 Å². The van der Waals surface area contributed by atoms with Gasteiger partial charge in [0.2, 0.25) is 0 Å². The van der Waals surface area contributed by atoms with Gasteiger partial charge in [0.15, 0.2) is 0 Å². The molecule has 5 heteroatoms. The predicted molar refractivity (Wildman–Crippen MR) is 102 cm³/mol. The fourth-order valence-electron chi connectivity index (χ4n) is 3.98. The highest BCUT2D eigenvalue weighted by Gasteiger charge is 2.23. The standard InChI is InChI=1S/C21H25N3O2/c25-21(19-9-4-10-22-20(19)24-11-13-26-14-12-24)23-15-17-7-3-6-16-5-1-2-8-18(16)17/h1-2,4-5,8-10,17H,3,6-7,11-15H2,(H,23,25). The molecule has 1 saturated heterocycles. The van der Waals surface area contributed by atoms with Crippen LogP contribution in [0.15, 0.2) is 42.6 Å². The van der Waals surface area contributed by atoms with E-state index in [-0.39, 0.29) is 5.91 Å². The number of carbonyl (C=O) groups is 1. The van der Waals surface area contributed by atoms with Crippen molar-refractivity contribution >= 4 is 11.7 Å². The van der Waals surface area contributed by atoms with Crippen LogP contribution in [0.4, 0.5) is 5.82 Å². The molecule has 1 atom stereocenters. The predicted octanol–water partition coefficient (Wildman–Crippen LogP) is 2.77. The van der Waals surface area contributed by atoms with Gasteiger partial charge in [-0.1, -0.05) is 24.3 Å². The zero-order valence-corrected chi connectivity index (χ0v) is 15.0. The van der Waals surface area contributed by atoms with Gasteiger partial charge in [0.25, 0.3) is 5.91 Å². The number of ether oxygens (including phenoxy) is 1. The van der Waals surface area contributed by atoms with Crippen LogP contribution in [0.25, 0.3) is 0 Å². The molecule has 2 aromatic rings. The van der Waals surface area contributed by atoms with E-state index in [2.05, 4.69) is 39.5 Å². The normalized spacial score (nSPS) is 19.7. The molecule has 1 unspecified atom stereocenters. The monoisotopic (exact) mass is 351 g/mol. The van der Waals surface area contributed by atoms with Gasteiger partial charge in [-0.3, -0.25) is 4.79 Å². The number of pyridine rings is 1. The third-order valence-electron chi connectivity index (χ3n) is 5.34. The van der Waals surface area contributed by atoms with Crippen molar-refractivity contribution in [1.29, 1.82) is 0 Å². The number of morpholine rings is 1. The SMILES string of the molecule is O=C(NCC1CCCc2ccccc21)c1cccnc1N1CCOCC1. The summed E-state index contributed by atoms with van der Waals surface area (Å²) in [5.41, 5.74) is 3.46. The van der Waals surface area contributed by atoms with Crippen LogP contribution in [-0.2, 0) is 11.2 Å². The Balaban J connectivity index is 1.46. The van der Waals surface area contributed by atoms with Crippen LogP contribution in [-0.4, -0.2) is 43.7 Å². The van der Waals surface area contributed by atoms with Gasteiger partial charge in [-0.2, -0.15) is 0 Å². The third-order valence-corrected chi connectivity index (χ3v) is 5.34. The maximum atomic E-state index is 12.9. The zero-order valence-electron chi connectivity index (χ0n) is 15.0. The van der Waals surface area contributed by atoms with Crippen molar-refractivity contribution < 1.29 is 9.53 Å². The molecule has 136 valence electrons. The first kappa shape index (κ1) is 17.0. The van der Waals surface area contributed by atoms with Crippen molar-refractivity contribution in [3.8, 4) is 0 Å². The van der Waals surface area contributed by atoms with Gasteiger partial charge in [0.1, 0.15) is 5.82 Å². The first-order valence-electron chi connectivity index (χ1n) is 9.46. The number of benzene rings is 1. The van der Waals surface area contributed by atoms with Crippen LogP contribution >= 0.6 is 0 Å². The van der Waals surface area contributed by atoms with Crippen LogP contribution in [0, 0.1) is 0 Å². The number of carbonyl (C=O) groups excluding carboxylic acids is 1. The molecule has 1 amide bonds. The Bertz CT molecular complexity index is 771. The minimum atomic E-state index is -0.0392. The van der Waals surface area contributed by atoms with E-state index in [0.29, 0.717) is 31.2 Å². The van der Waals surface area contributed by atoms with E-state index < -0.39 is 0 Å². The number of nitrogens with one attached hydrogen (secondary N) is 1. The summed E-state index contributed by atoms with van der Waals surface area (Å²) < 4.78 is 5.41. The van der Waals surface area contributed by atoms with Crippen LogP contribution < -0.4 is 10.2 Å². The van der Waals surface area contributed by atoms with Gasteiger partial charge in [-0.05, 0) is 42.5 Å². The topological polar surface area (TPSA) is 54.5 Å². The van der Waals surface area contributed by atoms with Crippen molar-refractivity contribution in [3.63, 3.8) is 0 Å². The number of amides is 1. The fourth-order valence-corrected chi connectivity index (χ4v) is 3.98. The molecule has 1 aromatic carbocycles. The summed E-state index contributed by atoms with van der Waals surface area (Å²) in [6.07, 6.45) is 5.20. The van der Waals surface area contributed by atoms with E-state index in [4.69, 9.17) is 4.74 Å². The molecule has 0 radical (unpaired) electrons. The zero-order chi connectivity index (χ0) is 17.8. The lowest BCUT2D eigenvalue weighted by Gasteiger charge is -2.29. The van der Waals surface area contributed by atoms with Crippen LogP contribution in [0.3, 0.4) is 0 Å². The number of hydrogen-bond acceptors (Lipinski definition) is 4. The Morgan fingerprint density at radius 3 is 2.92 bits per heavy atom. The molecule has 0 bridgehead atoms. The van der Waals surface area contributed by atoms with Crippen molar-refractivity contribution in [3.05, 3.63) is 59.3 Å². The second-order valence-corrected chi connectivity index (χ2v) is 6.97. The molecule has 2 heterocycles. The van der Waals surface area contributed by atoms with Gasteiger partial charge in [-0.25, -0.2) is 4.98 Å². The van der Waals surface area contributed by atoms with E-state index in [1.165, 1.54) is 17.5 Å². The summed E-state index contributed by atoms with van der Waals surface area (Å²) in [4.78, 5) is 19.5. The summed E-state index contributed by atoms with van der Waals surface area (Å²) in [5, 5.41) is 3.15. The van der Waals surface area contributed by atoms with Gasteiger partial charge in [0.05, 0.1) is 18.8 Å². The molecule has 1 aliphatic carbocycles. The van der Waals surface area contributed by atoms with Gasteiger partial charge < -0.3 is 15.0 Å². The minimum Gasteiger partial charge on any atom is -0.378 e. The molecule has 4 rings (SSSR count). The maximum absolute atomic E-state index is 12.9. The number of hydrogen-bond donors (Lipinski definition) is 1. The number of aromatic nitrogens is 1. The fraction of sp³-hybridized carbons (Fsp3) is 0.429. The quantitative estimate of drug-likeness (QED) is 0.920. The van der Waals surface area contributed by atoms with E-state index in [9.17, 15) is 4.79 Å². The van der Waals surface area contributed by atoms with Crippen LogP contribution in [0.5, 0.6) is 0 Å². The Hall–Kier alpha value is -2.40. The smallest absolute Gasteiger partial charge is 0.255 e. The number of rotatable bonds is 4. The first-order chi connectivity index (χ1) is 12.8. The molecule has 1 N–H and O–H groups in total. The van der Waals surface area contributed by atoms with Gasteiger partial charge in [0, 0.05) is 31.7 Å². The third kappa shape index (κ3) is 3.58. The summed E-state index contributed by atoms with van der Waals surface area (Å²) >= 11 is 0. The average Bonchev–Trinajstić information content (AvgIpc) is 2.72. The van der Waals surface area contributed by atoms with Crippen LogP contribution in [0.1, 0.15) is 40.2 Å². The molecule has 0 spiro atoms. The van der Waals surface area contributed by atoms with Gasteiger partial charge >= 0.3 is 0 Å². The van der Waals surface area contributed by atoms with E-state index >= 15 is 0 Å². The maximum Gasteiger partial charge on any atom is 0.255 e. The highest BCUT2D eigenvalue weighted by molar-refractivity contribution is 5.98. The largest absolute Gasteiger partial charge is 0.378 e. The second-order valence-electron chi connectivity index (χ2n) is 6.97. The number of aryl methyl sites for hydroxylation is 1. The van der Waals surface area contributed by atoms with Gasteiger partial charge in [-0.15, -0.1) is 0 Å². The van der Waals surface area contributed by atoms with E-state index in [1.54, 1.807) is 6.20 Å². The molecule has 26 heavy (non-hydrogen) atoms. The number of nitrogens with zero attached hydrogens (tertiary/aromatic N) is 2. The number of fused-ring (bicyclic) bond motifs is 1. The Morgan fingerprint density at radius 1 is 1.19 bits per heavy atom. The molecule has 1 fully saturated rings. The molecule has 2 aliphatic rings. The lowest BCUT2D eigenvalue weighted by Crippen LogP contribution is -2.39. The minimum absolute atomic E-state index is 0.0392. The number of anilines is 1. The molecule has 1 aliphatic heterocycles. The lowest BCUT2D eigenvalue weighted by molar-refractivity contribution is 0.0948. The highest BCUT2D eigenvalue weighted by atomic mass is 16.5. The highest BCUT2D eigenvalue weighted by Crippen LogP contribution is 2.31. The molecule has 0 saturated carbocycles. The van der Waals surface area contributed by atoms with Crippen molar-refractivity contribution in [2.24, 2.45) is 0 Å². The molecular formula is C21H25N3O2. The Morgan fingerprint density at radius 2 is 2.04 bits per heavy atom. The van der Waals surface area contributed by atoms with E-state index in [0.717, 1.165) is 31.7 Å². The summed E-state index contributed by atoms with van der Waals surface area (Å²) in [6, 6.07) is 12.3. The Labute approximate surface area is 154 Å². The first-order valence-corrected chi connectivity index (χ1v) is 9.46. The Kier molecular flexibility index (Phi) is 5.16. The second kappa shape index (κ2) is 7.87.